The number of likely N-dealkylation sites (tertiary alicyclic amines) is 1. The molecule has 3 heterocycles. The first kappa shape index (κ1) is 16.5. The minimum atomic E-state index is 0.291. The molecule has 23 heavy (non-hydrogen) atoms. The van der Waals surface area contributed by atoms with Crippen LogP contribution in [0.2, 0.25) is 0 Å². The Hall–Kier alpha value is -1.36. The average Bonchev–Trinajstić information content (AvgIpc) is 3.15. The zero-order valence-electron chi connectivity index (χ0n) is 14.5. The molecule has 0 aromatic carbocycles. The molecule has 3 rings (SSSR count). The van der Waals surface area contributed by atoms with E-state index in [4.69, 9.17) is 4.74 Å². The lowest BCUT2D eigenvalue weighted by Gasteiger charge is -2.36. The Kier molecular flexibility index (Phi) is 5.36. The van der Waals surface area contributed by atoms with Crippen molar-refractivity contribution < 1.29 is 9.53 Å². The maximum Gasteiger partial charge on any atom is 0.222 e. The molecule has 2 atom stereocenters. The van der Waals surface area contributed by atoms with Gasteiger partial charge in [-0.05, 0) is 58.4 Å². The molecule has 0 bridgehead atoms. The van der Waals surface area contributed by atoms with E-state index >= 15 is 0 Å². The largest absolute Gasteiger partial charge is 0.378 e. The van der Waals surface area contributed by atoms with Gasteiger partial charge in [-0.1, -0.05) is 0 Å². The highest BCUT2D eigenvalue weighted by Crippen LogP contribution is 2.22. The Labute approximate surface area is 139 Å². The number of carbonyl (C=O) groups excluding carboxylic acids is 1. The van der Waals surface area contributed by atoms with Crippen molar-refractivity contribution in [2.75, 3.05) is 13.2 Å². The first-order chi connectivity index (χ1) is 11.1. The molecular formula is C18H29N3O2. The summed E-state index contributed by atoms with van der Waals surface area (Å²) in [6.45, 7) is 6.70. The molecule has 0 unspecified atom stereocenters. The van der Waals surface area contributed by atoms with Gasteiger partial charge in [-0.15, -0.1) is 0 Å². The van der Waals surface area contributed by atoms with E-state index in [1.54, 1.807) is 0 Å². The molecular weight excluding hydrogens is 290 g/mol. The molecule has 1 aromatic rings. The number of aryl methyl sites for hydroxylation is 2. The summed E-state index contributed by atoms with van der Waals surface area (Å²) in [5.74, 6) is 0.298. The fourth-order valence-corrected chi connectivity index (χ4v) is 3.88. The van der Waals surface area contributed by atoms with Crippen molar-refractivity contribution in [3.63, 3.8) is 0 Å². The van der Waals surface area contributed by atoms with Gasteiger partial charge in [-0.25, -0.2) is 0 Å². The molecule has 0 radical (unpaired) electrons. The van der Waals surface area contributed by atoms with Crippen molar-refractivity contribution in [1.29, 1.82) is 0 Å². The van der Waals surface area contributed by atoms with Gasteiger partial charge in [0.1, 0.15) is 0 Å². The third-order valence-corrected chi connectivity index (χ3v) is 5.14. The molecule has 2 aliphatic rings. The van der Waals surface area contributed by atoms with Crippen LogP contribution in [0.4, 0.5) is 0 Å². The van der Waals surface area contributed by atoms with Crippen LogP contribution in [0.15, 0.2) is 6.07 Å². The number of piperidine rings is 1. The molecule has 0 N–H and O–H groups in total. The lowest BCUT2D eigenvalue weighted by Crippen LogP contribution is -2.46. The number of amides is 1. The van der Waals surface area contributed by atoms with Crippen LogP contribution in [0.3, 0.4) is 0 Å². The minimum absolute atomic E-state index is 0.291. The van der Waals surface area contributed by atoms with E-state index in [-0.39, 0.29) is 0 Å². The first-order valence-electron chi connectivity index (χ1n) is 9.05. The molecule has 5 nitrogen and oxygen atoms in total. The Morgan fingerprint density at radius 3 is 2.87 bits per heavy atom. The van der Waals surface area contributed by atoms with Crippen LogP contribution in [-0.4, -0.2) is 45.9 Å². The molecule has 1 aromatic heterocycles. The van der Waals surface area contributed by atoms with Crippen LogP contribution in [0.25, 0.3) is 0 Å². The third kappa shape index (κ3) is 4.14. The van der Waals surface area contributed by atoms with Crippen LogP contribution in [-0.2, 0) is 16.1 Å². The van der Waals surface area contributed by atoms with Crippen LogP contribution >= 0.6 is 0 Å². The van der Waals surface area contributed by atoms with Crippen LogP contribution in [0.1, 0.15) is 56.3 Å². The third-order valence-electron chi connectivity index (χ3n) is 5.14. The standard InChI is InChI=1S/C18H29N3O2/c1-14-12-15(2)21(19-14)13-16-6-3-4-10-20(16)18(22)9-8-17-7-5-11-23-17/h12,16-17H,3-11,13H2,1-2H3/t16-,17-/m0/s1. The van der Waals surface area contributed by atoms with Crippen molar-refractivity contribution in [3.8, 4) is 0 Å². The summed E-state index contributed by atoms with van der Waals surface area (Å²) in [5.41, 5.74) is 2.23. The maximum absolute atomic E-state index is 12.7. The number of ether oxygens (including phenoxy) is 1. The van der Waals surface area contributed by atoms with E-state index in [1.807, 2.05) is 6.92 Å². The molecule has 5 heteroatoms. The predicted octanol–water partition coefficient (Wildman–Crippen LogP) is 2.84. The molecule has 0 spiro atoms. The summed E-state index contributed by atoms with van der Waals surface area (Å²) in [4.78, 5) is 14.8. The SMILES string of the molecule is Cc1cc(C)n(C[C@@H]2CCCCN2C(=O)CC[C@@H]2CCCO2)n1. The molecule has 0 saturated carbocycles. The summed E-state index contributed by atoms with van der Waals surface area (Å²) in [5, 5.41) is 4.57. The predicted molar refractivity (Wildman–Crippen MR) is 89.3 cm³/mol. The molecule has 2 saturated heterocycles. The van der Waals surface area contributed by atoms with Gasteiger partial charge >= 0.3 is 0 Å². The van der Waals surface area contributed by atoms with Gasteiger partial charge in [-0.2, -0.15) is 5.10 Å². The second-order valence-electron chi connectivity index (χ2n) is 7.02. The van der Waals surface area contributed by atoms with Gasteiger partial charge in [0.2, 0.25) is 5.91 Å². The second kappa shape index (κ2) is 7.47. The zero-order valence-corrected chi connectivity index (χ0v) is 14.5. The smallest absolute Gasteiger partial charge is 0.222 e. The summed E-state index contributed by atoms with van der Waals surface area (Å²) in [7, 11) is 0. The lowest BCUT2D eigenvalue weighted by atomic mass is 10.0. The Bertz CT molecular complexity index is 534. The Morgan fingerprint density at radius 2 is 2.17 bits per heavy atom. The van der Waals surface area contributed by atoms with Crippen molar-refractivity contribution in [2.24, 2.45) is 0 Å². The van der Waals surface area contributed by atoms with Gasteiger partial charge in [0.15, 0.2) is 0 Å². The highest BCUT2D eigenvalue weighted by atomic mass is 16.5. The highest BCUT2D eigenvalue weighted by molar-refractivity contribution is 5.76. The van der Waals surface area contributed by atoms with E-state index < -0.39 is 0 Å². The number of hydrogen-bond donors (Lipinski definition) is 0. The normalized spacial score (nSPS) is 25.0. The highest BCUT2D eigenvalue weighted by Gasteiger charge is 2.28. The van der Waals surface area contributed by atoms with Gasteiger partial charge in [0.05, 0.1) is 24.4 Å². The van der Waals surface area contributed by atoms with Crippen LogP contribution in [0, 0.1) is 13.8 Å². The van der Waals surface area contributed by atoms with Crippen LogP contribution < -0.4 is 0 Å². The van der Waals surface area contributed by atoms with Crippen molar-refractivity contribution in [3.05, 3.63) is 17.5 Å². The number of carbonyl (C=O) groups is 1. The van der Waals surface area contributed by atoms with Gasteiger partial charge in [0, 0.05) is 25.3 Å². The fourth-order valence-electron chi connectivity index (χ4n) is 3.88. The quantitative estimate of drug-likeness (QED) is 0.838. The molecule has 2 fully saturated rings. The number of hydrogen-bond acceptors (Lipinski definition) is 3. The van der Waals surface area contributed by atoms with Gasteiger partial charge in [0.25, 0.3) is 0 Å². The topological polar surface area (TPSA) is 47.4 Å². The van der Waals surface area contributed by atoms with E-state index in [2.05, 4.69) is 27.7 Å². The summed E-state index contributed by atoms with van der Waals surface area (Å²) in [6, 6.07) is 2.39. The molecule has 1 amide bonds. The van der Waals surface area contributed by atoms with Gasteiger partial charge in [-0.3, -0.25) is 9.48 Å². The van der Waals surface area contributed by atoms with Crippen molar-refractivity contribution >= 4 is 5.91 Å². The molecule has 0 aliphatic carbocycles. The van der Waals surface area contributed by atoms with E-state index in [0.29, 0.717) is 24.5 Å². The van der Waals surface area contributed by atoms with E-state index in [0.717, 1.165) is 57.5 Å². The zero-order chi connectivity index (χ0) is 16.2. The van der Waals surface area contributed by atoms with Crippen LogP contribution in [0.5, 0.6) is 0 Å². The van der Waals surface area contributed by atoms with E-state index in [9.17, 15) is 4.79 Å². The van der Waals surface area contributed by atoms with Gasteiger partial charge < -0.3 is 9.64 Å². The van der Waals surface area contributed by atoms with Crippen molar-refractivity contribution in [2.45, 2.75) is 77.5 Å². The second-order valence-corrected chi connectivity index (χ2v) is 7.02. The van der Waals surface area contributed by atoms with E-state index in [1.165, 1.54) is 12.1 Å². The first-order valence-corrected chi connectivity index (χ1v) is 9.05. The fraction of sp³-hybridized carbons (Fsp3) is 0.778. The minimum Gasteiger partial charge on any atom is -0.378 e. The van der Waals surface area contributed by atoms with Crippen molar-refractivity contribution in [1.82, 2.24) is 14.7 Å². The number of nitrogens with zero attached hydrogens (tertiary/aromatic N) is 3. The molecule has 128 valence electrons. The average molecular weight is 319 g/mol. The monoisotopic (exact) mass is 319 g/mol. The molecule has 2 aliphatic heterocycles. The Balaban J connectivity index is 1.58. The summed E-state index contributed by atoms with van der Waals surface area (Å²) >= 11 is 0. The number of rotatable bonds is 5. The summed E-state index contributed by atoms with van der Waals surface area (Å²) in [6.07, 6.45) is 7.48. The summed E-state index contributed by atoms with van der Waals surface area (Å²) < 4.78 is 7.71. The lowest BCUT2D eigenvalue weighted by molar-refractivity contribution is -0.135. The Morgan fingerprint density at radius 1 is 1.30 bits per heavy atom. The number of aromatic nitrogens is 2. The maximum atomic E-state index is 12.7.